The van der Waals surface area contributed by atoms with Crippen LogP contribution in [0, 0.1) is 0 Å². The maximum atomic E-state index is 8.41. The van der Waals surface area contributed by atoms with E-state index in [0.717, 1.165) is 5.16 Å². The summed E-state index contributed by atoms with van der Waals surface area (Å²) in [6, 6.07) is 0. The van der Waals surface area contributed by atoms with E-state index < -0.39 is 0 Å². The Kier molecular flexibility index (Phi) is 3.13. The normalized spacial score (nSPS) is 14.5. The van der Waals surface area contributed by atoms with Crippen molar-refractivity contribution in [1.29, 1.82) is 0 Å². The van der Waals surface area contributed by atoms with Crippen molar-refractivity contribution in [1.82, 2.24) is 14.8 Å². The number of amidine groups is 1. The monoisotopic (exact) mass is 201 g/mol. The van der Waals surface area contributed by atoms with E-state index in [-0.39, 0.29) is 11.1 Å². The zero-order valence-corrected chi connectivity index (χ0v) is 8.19. The fourth-order valence-electron chi connectivity index (χ4n) is 0.679. The topological polar surface area (TPSA) is 89.3 Å². The van der Waals surface area contributed by atoms with Crippen molar-refractivity contribution in [2.45, 2.75) is 17.3 Å². The van der Waals surface area contributed by atoms with E-state index in [9.17, 15) is 0 Å². The van der Waals surface area contributed by atoms with Crippen LogP contribution < -0.4 is 5.73 Å². The fraction of sp³-hybridized carbons (Fsp3) is 0.500. The van der Waals surface area contributed by atoms with Crippen molar-refractivity contribution in [3.63, 3.8) is 0 Å². The summed E-state index contributed by atoms with van der Waals surface area (Å²) in [5.74, 6) is 0.174. The quantitative estimate of drug-likeness (QED) is 0.237. The highest BCUT2D eigenvalue weighted by molar-refractivity contribution is 8.00. The zero-order valence-electron chi connectivity index (χ0n) is 7.38. The molecule has 0 amide bonds. The summed E-state index contributed by atoms with van der Waals surface area (Å²) in [6.45, 7) is 1.83. The van der Waals surface area contributed by atoms with Crippen LogP contribution in [0.5, 0.6) is 0 Å². The van der Waals surface area contributed by atoms with Gasteiger partial charge in [-0.15, -0.1) is 10.2 Å². The molecule has 1 atom stereocenters. The fourth-order valence-corrected chi connectivity index (χ4v) is 1.47. The van der Waals surface area contributed by atoms with Gasteiger partial charge in [-0.1, -0.05) is 16.9 Å². The SMILES string of the molecule is CC(Sc1nncn1C)/C(N)=N/O. The van der Waals surface area contributed by atoms with Crippen LogP contribution in [-0.4, -0.2) is 31.1 Å². The Labute approximate surface area is 79.8 Å². The zero-order chi connectivity index (χ0) is 9.84. The molecule has 1 rings (SSSR count). The summed E-state index contributed by atoms with van der Waals surface area (Å²) in [7, 11) is 1.83. The highest BCUT2D eigenvalue weighted by Gasteiger charge is 2.12. The van der Waals surface area contributed by atoms with Crippen LogP contribution >= 0.6 is 11.8 Å². The van der Waals surface area contributed by atoms with Crippen molar-refractivity contribution >= 4 is 17.6 Å². The average molecular weight is 201 g/mol. The van der Waals surface area contributed by atoms with Crippen LogP contribution in [0.25, 0.3) is 0 Å². The number of nitrogens with zero attached hydrogens (tertiary/aromatic N) is 4. The number of aromatic nitrogens is 3. The number of hydrogen-bond acceptors (Lipinski definition) is 5. The first-order valence-electron chi connectivity index (χ1n) is 3.63. The second-order valence-electron chi connectivity index (χ2n) is 2.51. The number of rotatable bonds is 3. The lowest BCUT2D eigenvalue weighted by atomic mass is 10.4. The third-order valence-corrected chi connectivity index (χ3v) is 2.66. The predicted octanol–water partition coefficient (Wildman–Crippen LogP) is 0.0421. The average Bonchev–Trinajstić information content (AvgIpc) is 2.50. The van der Waals surface area contributed by atoms with Crippen molar-refractivity contribution in [2.24, 2.45) is 17.9 Å². The molecule has 0 aliphatic carbocycles. The van der Waals surface area contributed by atoms with E-state index in [0.29, 0.717) is 0 Å². The molecule has 0 aromatic carbocycles. The van der Waals surface area contributed by atoms with Gasteiger partial charge in [0, 0.05) is 7.05 Å². The number of nitrogens with two attached hydrogens (primary N) is 1. The molecule has 13 heavy (non-hydrogen) atoms. The van der Waals surface area contributed by atoms with E-state index in [1.54, 1.807) is 10.9 Å². The van der Waals surface area contributed by atoms with Gasteiger partial charge in [-0.25, -0.2) is 0 Å². The minimum Gasteiger partial charge on any atom is -0.409 e. The first kappa shape index (κ1) is 9.85. The molecule has 0 radical (unpaired) electrons. The van der Waals surface area contributed by atoms with Crippen LogP contribution in [0.3, 0.4) is 0 Å². The van der Waals surface area contributed by atoms with Gasteiger partial charge in [0.15, 0.2) is 11.0 Å². The molecular formula is C6H11N5OS. The van der Waals surface area contributed by atoms with Gasteiger partial charge in [0.1, 0.15) is 6.33 Å². The van der Waals surface area contributed by atoms with Gasteiger partial charge >= 0.3 is 0 Å². The van der Waals surface area contributed by atoms with Crippen molar-refractivity contribution in [2.75, 3.05) is 0 Å². The number of aryl methyl sites for hydroxylation is 1. The molecule has 0 aliphatic rings. The Bertz CT molecular complexity index is 310. The van der Waals surface area contributed by atoms with E-state index in [4.69, 9.17) is 10.9 Å². The van der Waals surface area contributed by atoms with Crippen LogP contribution in [-0.2, 0) is 7.05 Å². The molecule has 0 aliphatic heterocycles. The maximum absolute atomic E-state index is 8.41. The molecule has 3 N–H and O–H groups in total. The van der Waals surface area contributed by atoms with Gasteiger partial charge in [0.05, 0.1) is 5.25 Å². The smallest absolute Gasteiger partial charge is 0.191 e. The third-order valence-electron chi connectivity index (χ3n) is 1.48. The molecular weight excluding hydrogens is 190 g/mol. The van der Waals surface area contributed by atoms with E-state index in [2.05, 4.69) is 15.4 Å². The predicted molar refractivity (Wildman–Crippen MR) is 49.7 cm³/mol. The Morgan fingerprint density at radius 1 is 1.85 bits per heavy atom. The summed E-state index contributed by atoms with van der Waals surface area (Å²) in [5.41, 5.74) is 5.40. The van der Waals surface area contributed by atoms with Gasteiger partial charge in [-0.05, 0) is 6.92 Å². The summed E-state index contributed by atoms with van der Waals surface area (Å²) in [5, 5.41) is 19.5. The summed E-state index contributed by atoms with van der Waals surface area (Å²) in [6.07, 6.45) is 1.60. The number of thioether (sulfide) groups is 1. The molecule has 1 heterocycles. The molecule has 1 aromatic heterocycles. The Balaban J connectivity index is 2.65. The maximum Gasteiger partial charge on any atom is 0.191 e. The second-order valence-corrected chi connectivity index (χ2v) is 3.82. The van der Waals surface area contributed by atoms with Gasteiger partial charge in [0.2, 0.25) is 0 Å². The molecule has 6 nitrogen and oxygen atoms in total. The minimum absolute atomic E-state index is 0.118. The molecule has 1 unspecified atom stereocenters. The van der Waals surface area contributed by atoms with Crippen molar-refractivity contribution < 1.29 is 5.21 Å². The van der Waals surface area contributed by atoms with E-state index in [1.165, 1.54) is 11.8 Å². The summed E-state index contributed by atoms with van der Waals surface area (Å²) >= 11 is 1.38. The van der Waals surface area contributed by atoms with Crippen LogP contribution in [0.15, 0.2) is 16.6 Å². The van der Waals surface area contributed by atoms with Crippen molar-refractivity contribution in [3.8, 4) is 0 Å². The lowest BCUT2D eigenvalue weighted by Gasteiger charge is -2.07. The Morgan fingerprint density at radius 2 is 2.54 bits per heavy atom. The standard InChI is InChI=1S/C6H11N5OS/c1-4(5(7)10-12)13-6-9-8-3-11(6)2/h3-4,12H,1-2H3,(H2,7,10). The Morgan fingerprint density at radius 3 is 3.00 bits per heavy atom. The molecule has 0 fully saturated rings. The number of hydrogen-bond donors (Lipinski definition) is 2. The summed E-state index contributed by atoms with van der Waals surface area (Å²) in [4.78, 5) is 0. The van der Waals surface area contributed by atoms with Crippen molar-refractivity contribution in [3.05, 3.63) is 6.33 Å². The van der Waals surface area contributed by atoms with Crippen LogP contribution in [0.2, 0.25) is 0 Å². The first-order valence-corrected chi connectivity index (χ1v) is 4.51. The molecule has 72 valence electrons. The highest BCUT2D eigenvalue weighted by atomic mass is 32.2. The second kappa shape index (κ2) is 4.13. The number of oxime groups is 1. The van der Waals surface area contributed by atoms with E-state index >= 15 is 0 Å². The molecule has 0 saturated heterocycles. The van der Waals surface area contributed by atoms with Gasteiger partial charge in [-0.2, -0.15) is 0 Å². The minimum atomic E-state index is -0.118. The highest BCUT2D eigenvalue weighted by Crippen LogP contribution is 2.19. The molecule has 1 aromatic rings. The molecule has 0 saturated carbocycles. The molecule has 0 bridgehead atoms. The van der Waals surface area contributed by atoms with E-state index in [1.807, 2.05) is 14.0 Å². The molecule has 0 spiro atoms. The Hall–Kier alpha value is -1.24. The lowest BCUT2D eigenvalue weighted by molar-refractivity contribution is 0.317. The largest absolute Gasteiger partial charge is 0.409 e. The third kappa shape index (κ3) is 2.35. The summed E-state index contributed by atoms with van der Waals surface area (Å²) < 4.78 is 1.77. The molecule has 7 heteroatoms. The lowest BCUT2D eigenvalue weighted by Crippen LogP contribution is -2.23. The van der Waals surface area contributed by atoms with Crippen LogP contribution in [0.4, 0.5) is 0 Å². The van der Waals surface area contributed by atoms with Gasteiger partial charge in [0.25, 0.3) is 0 Å². The van der Waals surface area contributed by atoms with Crippen LogP contribution in [0.1, 0.15) is 6.92 Å². The van der Waals surface area contributed by atoms with Gasteiger partial charge < -0.3 is 15.5 Å². The first-order chi connectivity index (χ1) is 6.15. The van der Waals surface area contributed by atoms with Gasteiger partial charge in [-0.3, -0.25) is 0 Å².